The second-order valence-electron chi connectivity index (χ2n) is 3.97. The molecule has 0 saturated carbocycles. The molecule has 0 unspecified atom stereocenters. The van der Waals surface area contributed by atoms with Gasteiger partial charge in [-0.05, 0) is 30.3 Å². The quantitative estimate of drug-likeness (QED) is 0.769. The number of rotatable bonds is 3. The van der Waals surface area contributed by atoms with Gasteiger partial charge >= 0.3 is 0 Å². The first kappa shape index (κ1) is 14.1. The zero-order chi connectivity index (χ0) is 14.8. The molecule has 0 aliphatic rings. The Balaban J connectivity index is 1.82. The number of hydrogen-bond donors (Lipinski definition) is 1. The summed E-state index contributed by atoms with van der Waals surface area (Å²) in [7, 11) is 0. The molecule has 1 N–H and O–H groups in total. The van der Waals surface area contributed by atoms with E-state index in [1.165, 1.54) is 17.6 Å². The average molecular weight is 340 g/mol. The van der Waals surface area contributed by atoms with Gasteiger partial charge in [0.25, 0.3) is 5.91 Å². The molecule has 3 aromatic rings. The van der Waals surface area contributed by atoms with Crippen molar-refractivity contribution in [2.75, 3.05) is 5.32 Å². The molecule has 2 aromatic heterocycles. The third-order valence-electron chi connectivity index (χ3n) is 2.55. The molecule has 0 atom stereocenters. The second kappa shape index (κ2) is 5.85. The molecule has 0 saturated heterocycles. The summed E-state index contributed by atoms with van der Waals surface area (Å²) in [6.07, 6.45) is 1.42. The summed E-state index contributed by atoms with van der Waals surface area (Å²) >= 11 is 13.2. The fourth-order valence-corrected chi connectivity index (χ4v) is 2.94. The Morgan fingerprint density at radius 1 is 1.24 bits per heavy atom. The first-order valence-corrected chi connectivity index (χ1v) is 7.34. The molecule has 0 spiro atoms. The van der Waals surface area contributed by atoms with Crippen LogP contribution in [-0.4, -0.2) is 16.1 Å². The fraction of sp³-hybridized carbons (Fsp3) is 0. The van der Waals surface area contributed by atoms with Crippen LogP contribution in [0.1, 0.15) is 10.6 Å². The van der Waals surface area contributed by atoms with Crippen molar-refractivity contribution in [1.82, 2.24) is 10.2 Å². The van der Waals surface area contributed by atoms with Crippen molar-refractivity contribution in [3.8, 4) is 10.6 Å². The van der Waals surface area contributed by atoms with Crippen molar-refractivity contribution < 1.29 is 9.21 Å². The lowest BCUT2D eigenvalue weighted by Crippen LogP contribution is -2.10. The van der Waals surface area contributed by atoms with E-state index in [4.69, 9.17) is 27.6 Å². The van der Waals surface area contributed by atoms with Gasteiger partial charge in [0.2, 0.25) is 5.13 Å². The summed E-state index contributed by atoms with van der Waals surface area (Å²) in [4.78, 5) is 11.8. The number of aromatic nitrogens is 2. The van der Waals surface area contributed by atoms with E-state index in [1.54, 1.807) is 30.3 Å². The Bertz CT molecular complexity index is 787. The fourth-order valence-electron chi connectivity index (χ4n) is 1.61. The maximum absolute atomic E-state index is 11.8. The number of anilines is 1. The summed E-state index contributed by atoms with van der Waals surface area (Å²) in [6, 6.07) is 8.29. The number of benzene rings is 1. The minimum atomic E-state index is -0.384. The van der Waals surface area contributed by atoms with Crippen LogP contribution < -0.4 is 5.32 Å². The predicted octanol–water partition coefficient (Wildman–Crippen LogP) is 4.36. The van der Waals surface area contributed by atoms with Gasteiger partial charge in [-0.1, -0.05) is 34.5 Å². The first-order chi connectivity index (χ1) is 10.1. The van der Waals surface area contributed by atoms with Crippen molar-refractivity contribution in [3.05, 3.63) is 52.4 Å². The predicted molar refractivity (Wildman–Crippen MR) is 82.0 cm³/mol. The van der Waals surface area contributed by atoms with E-state index in [-0.39, 0.29) is 11.7 Å². The SMILES string of the molecule is O=C(Nc1nnc(-c2ccc(Cl)cc2Cl)s1)c1ccco1. The lowest BCUT2D eigenvalue weighted by molar-refractivity contribution is 0.0996. The van der Waals surface area contributed by atoms with Gasteiger partial charge in [0.05, 0.1) is 11.3 Å². The van der Waals surface area contributed by atoms with E-state index in [0.717, 1.165) is 0 Å². The maximum Gasteiger partial charge on any atom is 0.293 e. The van der Waals surface area contributed by atoms with Gasteiger partial charge in [0, 0.05) is 10.6 Å². The molecule has 0 aliphatic heterocycles. The molecule has 5 nitrogen and oxygen atoms in total. The number of nitrogens with one attached hydrogen (secondary N) is 1. The molecular formula is C13H7Cl2N3O2S. The number of halogens is 2. The van der Waals surface area contributed by atoms with Crippen LogP contribution in [0.3, 0.4) is 0 Å². The monoisotopic (exact) mass is 339 g/mol. The molecule has 1 aromatic carbocycles. The normalized spacial score (nSPS) is 10.6. The summed E-state index contributed by atoms with van der Waals surface area (Å²) in [5.41, 5.74) is 0.706. The minimum absolute atomic E-state index is 0.205. The van der Waals surface area contributed by atoms with Gasteiger partial charge in [-0.2, -0.15) is 0 Å². The molecule has 0 fully saturated rings. The standard InChI is InChI=1S/C13H7Cl2N3O2S/c14-7-3-4-8(9(15)6-7)12-17-18-13(21-12)16-11(19)10-2-1-5-20-10/h1-6H,(H,16,18,19). The van der Waals surface area contributed by atoms with Crippen LogP contribution in [0.2, 0.25) is 10.0 Å². The second-order valence-corrected chi connectivity index (χ2v) is 5.79. The highest BCUT2D eigenvalue weighted by molar-refractivity contribution is 7.18. The Morgan fingerprint density at radius 2 is 2.10 bits per heavy atom. The highest BCUT2D eigenvalue weighted by Crippen LogP contribution is 2.33. The molecule has 8 heteroatoms. The van der Waals surface area contributed by atoms with E-state index in [1.807, 2.05) is 0 Å². The highest BCUT2D eigenvalue weighted by atomic mass is 35.5. The number of hydrogen-bond acceptors (Lipinski definition) is 5. The summed E-state index contributed by atoms with van der Waals surface area (Å²) < 4.78 is 5.00. The van der Waals surface area contributed by atoms with Crippen LogP contribution >= 0.6 is 34.5 Å². The van der Waals surface area contributed by atoms with Crippen molar-refractivity contribution >= 4 is 45.6 Å². The van der Waals surface area contributed by atoms with Gasteiger partial charge in [0.15, 0.2) is 10.8 Å². The lowest BCUT2D eigenvalue weighted by Gasteiger charge is -1.99. The van der Waals surface area contributed by atoms with E-state index in [0.29, 0.717) is 25.7 Å². The Labute approximate surface area is 133 Å². The van der Waals surface area contributed by atoms with Gasteiger partial charge in [0.1, 0.15) is 0 Å². The van der Waals surface area contributed by atoms with Crippen molar-refractivity contribution in [3.63, 3.8) is 0 Å². The Kier molecular flexibility index (Phi) is 3.92. The summed E-state index contributed by atoms with van der Waals surface area (Å²) in [5, 5.41) is 12.5. The van der Waals surface area contributed by atoms with Crippen molar-refractivity contribution in [2.45, 2.75) is 0 Å². The zero-order valence-corrected chi connectivity index (χ0v) is 12.7. The van der Waals surface area contributed by atoms with Crippen LogP contribution in [0, 0.1) is 0 Å². The molecule has 0 radical (unpaired) electrons. The third-order valence-corrected chi connectivity index (χ3v) is 3.97. The van der Waals surface area contributed by atoms with E-state index in [9.17, 15) is 4.79 Å². The third kappa shape index (κ3) is 3.07. The van der Waals surface area contributed by atoms with Gasteiger partial charge < -0.3 is 4.42 Å². The summed E-state index contributed by atoms with van der Waals surface area (Å²) in [5.74, 6) is -0.179. The van der Waals surface area contributed by atoms with E-state index < -0.39 is 0 Å². The molecule has 21 heavy (non-hydrogen) atoms. The van der Waals surface area contributed by atoms with E-state index in [2.05, 4.69) is 15.5 Å². The van der Waals surface area contributed by atoms with Crippen molar-refractivity contribution in [1.29, 1.82) is 0 Å². The van der Waals surface area contributed by atoms with Gasteiger partial charge in [-0.25, -0.2) is 0 Å². The largest absolute Gasteiger partial charge is 0.459 e. The van der Waals surface area contributed by atoms with Crippen LogP contribution in [-0.2, 0) is 0 Å². The Morgan fingerprint density at radius 3 is 2.81 bits per heavy atom. The summed E-state index contributed by atoms with van der Waals surface area (Å²) in [6.45, 7) is 0. The minimum Gasteiger partial charge on any atom is -0.459 e. The Hall–Kier alpha value is -1.89. The lowest BCUT2D eigenvalue weighted by atomic mass is 10.2. The molecular weight excluding hydrogens is 333 g/mol. The van der Waals surface area contributed by atoms with E-state index >= 15 is 0 Å². The average Bonchev–Trinajstić information content (AvgIpc) is 3.09. The molecule has 106 valence electrons. The van der Waals surface area contributed by atoms with Crippen molar-refractivity contribution in [2.24, 2.45) is 0 Å². The molecule has 0 bridgehead atoms. The highest BCUT2D eigenvalue weighted by Gasteiger charge is 2.14. The first-order valence-electron chi connectivity index (χ1n) is 5.77. The van der Waals surface area contributed by atoms with Gasteiger partial charge in [-0.15, -0.1) is 10.2 Å². The van der Waals surface area contributed by atoms with Crippen LogP contribution in [0.15, 0.2) is 41.0 Å². The smallest absolute Gasteiger partial charge is 0.293 e. The van der Waals surface area contributed by atoms with Crippen LogP contribution in [0.5, 0.6) is 0 Å². The molecule has 1 amide bonds. The van der Waals surface area contributed by atoms with Gasteiger partial charge in [-0.3, -0.25) is 10.1 Å². The zero-order valence-electron chi connectivity index (χ0n) is 10.3. The molecule has 0 aliphatic carbocycles. The molecule has 3 rings (SSSR count). The number of furan rings is 1. The topological polar surface area (TPSA) is 68.0 Å². The van der Waals surface area contributed by atoms with Crippen LogP contribution in [0.25, 0.3) is 10.6 Å². The number of nitrogens with zero attached hydrogens (tertiary/aromatic N) is 2. The van der Waals surface area contributed by atoms with Crippen LogP contribution in [0.4, 0.5) is 5.13 Å². The molecule has 2 heterocycles. The maximum atomic E-state index is 11.8. The number of carbonyl (C=O) groups is 1. The number of carbonyl (C=O) groups excluding carboxylic acids is 1. The number of amides is 1.